The minimum absolute atomic E-state index is 0.111. The minimum atomic E-state index is -4.46. The minimum Gasteiger partial charge on any atom is -0.368 e. The fraction of sp³-hybridized carbons (Fsp3) is 0.391. The van der Waals surface area contributed by atoms with Gasteiger partial charge in [-0.1, -0.05) is 6.92 Å². The normalized spacial score (nSPS) is 18.7. The Morgan fingerprint density at radius 2 is 1.91 bits per heavy atom. The maximum Gasteiger partial charge on any atom is 0.417 e. The van der Waals surface area contributed by atoms with E-state index in [9.17, 15) is 22.4 Å². The van der Waals surface area contributed by atoms with Crippen molar-refractivity contribution in [2.75, 3.05) is 18.4 Å². The van der Waals surface area contributed by atoms with E-state index in [2.05, 4.69) is 20.5 Å². The smallest absolute Gasteiger partial charge is 0.368 e. The van der Waals surface area contributed by atoms with E-state index in [1.165, 1.54) is 35.4 Å². The molecule has 2 atom stereocenters. The Bertz CT molecular complexity index is 1150. The fourth-order valence-corrected chi connectivity index (χ4v) is 4.28. The second-order valence-electron chi connectivity index (χ2n) is 8.38. The Labute approximate surface area is 193 Å². The van der Waals surface area contributed by atoms with Crippen molar-refractivity contribution in [2.24, 2.45) is 5.92 Å². The molecule has 1 aliphatic rings. The van der Waals surface area contributed by atoms with Crippen LogP contribution >= 0.6 is 0 Å². The molecule has 0 bridgehead atoms. The number of piperidine rings is 1. The number of hydrogen-bond donors (Lipinski definition) is 1. The SMILES string of the molecule is Cc1c(F)ccc(-n2nccn2)c1C(=O)N1CCC[C@@H](C)[C@H]1CNc1ccc(C(F)(F)F)cn1. The molecule has 1 amide bonds. The Kier molecular flexibility index (Phi) is 6.54. The molecule has 3 aromatic rings. The van der Waals surface area contributed by atoms with Crippen molar-refractivity contribution in [3.05, 3.63) is 65.4 Å². The topological polar surface area (TPSA) is 75.9 Å². The Morgan fingerprint density at radius 3 is 2.56 bits per heavy atom. The van der Waals surface area contributed by atoms with Crippen molar-refractivity contribution in [2.45, 2.75) is 38.9 Å². The highest BCUT2D eigenvalue weighted by atomic mass is 19.4. The summed E-state index contributed by atoms with van der Waals surface area (Å²) in [6, 6.07) is 4.70. The van der Waals surface area contributed by atoms with E-state index < -0.39 is 17.6 Å². The van der Waals surface area contributed by atoms with Gasteiger partial charge in [0.25, 0.3) is 5.91 Å². The van der Waals surface area contributed by atoms with Gasteiger partial charge in [0.15, 0.2) is 0 Å². The largest absolute Gasteiger partial charge is 0.417 e. The highest BCUT2D eigenvalue weighted by Crippen LogP contribution is 2.30. The molecule has 1 fully saturated rings. The van der Waals surface area contributed by atoms with Gasteiger partial charge in [0, 0.05) is 19.3 Å². The molecular weight excluding hydrogens is 452 g/mol. The highest BCUT2D eigenvalue weighted by molar-refractivity contribution is 5.99. The lowest BCUT2D eigenvalue weighted by atomic mass is 9.89. The van der Waals surface area contributed by atoms with Crippen molar-refractivity contribution in [3.63, 3.8) is 0 Å². The van der Waals surface area contributed by atoms with Gasteiger partial charge in [0.05, 0.1) is 35.2 Å². The molecule has 4 rings (SSSR count). The number of pyridine rings is 1. The van der Waals surface area contributed by atoms with Crippen molar-refractivity contribution in [1.82, 2.24) is 24.9 Å². The van der Waals surface area contributed by atoms with Gasteiger partial charge < -0.3 is 10.2 Å². The van der Waals surface area contributed by atoms with E-state index >= 15 is 0 Å². The molecule has 0 saturated carbocycles. The summed E-state index contributed by atoms with van der Waals surface area (Å²) in [6.45, 7) is 4.32. The number of hydrogen-bond acceptors (Lipinski definition) is 5. The number of nitrogens with one attached hydrogen (secondary N) is 1. The lowest BCUT2D eigenvalue weighted by Crippen LogP contribution is -2.51. The van der Waals surface area contributed by atoms with Gasteiger partial charge >= 0.3 is 6.18 Å². The van der Waals surface area contributed by atoms with Crippen LogP contribution in [0, 0.1) is 18.7 Å². The van der Waals surface area contributed by atoms with Crippen LogP contribution in [0.5, 0.6) is 0 Å². The molecule has 11 heteroatoms. The molecule has 3 heterocycles. The number of amides is 1. The third-order valence-electron chi connectivity index (χ3n) is 6.18. The number of likely N-dealkylation sites (tertiary alicyclic amines) is 1. The maximum absolute atomic E-state index is 14.5. The van der Waals surface area contributed by atoms with Crippen LogP contribution in [0.15, 0.2) is 42.9 Å². The molecule has 1 N–H and O–H groups in total. The van der Waals surface area contributed by atoms with Crippen LogP contribution < -0.4 is 5.32 Å². The van der Waals surface area contributed by atoms with Gasteiger partial charge in [0.1, 0.15) is 11.6 Å². The summed E-state index contributed by atoms with van der Waals surface area (Å²) in [5.74, 6) is -0.461. The lowest BCUT2D eigenvalue weighted by Gasteiger charge is -2.40. The molecule has 0 spiro atoms. The first-order chi connectivity index (χ1) is 16.2. The standard InChI is InChI=1S/C23H24F4N6O/c1-14-4-3-11-32(19(14)13-29-20-8-5-16(12-28-20)23(25,26)27)22(34)21-15(2)17(24)6-7-18(21)33-30-9-10-31-33/h5-10,12,14,19H,3-4,11,13H2,1-2H3,(H,28,29)/t14-,19-/m1/s1. The van der Waals surface area contributed by atoms with Gasteiger partial charge in [-0.15, -0.1) is 0 Å². The number of halogens is 4. The van der Waals surface area contributed by atoms with Crippen LogP contribution in [0.1, 0.15) is 41.3 Å². The van der Waals surface area contributed by atoms with Crippen molar-refractivity contribution in [1.29, 1.82) is 0 Å². The molecule has 0 aliphatic carbocycles. The van der Waals surface area contributed by atoms with Crippen LogP contribution in [0.25, 0.3) is 5.69 Å². The molecule has 0 radical (unpaired) electrons. The molecule has 1 saturated heterocycles. The maximum atomic E-state index is 14.5. The monoisotopic (exact) mass is 476 g/mol. The number of benzene rings is 1. The van der Waals surface area contributed by atoms with E-state index in [0.717, 1.165) is 25.1 Å². The van der Waals surface area contributed by atoms with Crippen LogP contribution in [0.4, 0.5) is 23.4 Å². The molecule has 180 valence electrons. The van der Waals surface area contributed by atoms with E-state index in [-0.39, 0.29) is 41.4 Å². The zero-order valence-corrected chi connectivity index (χ0v) is 18.7. The second kappa shape index (κ2) is 9.40. The molecular formula is C23H24F4N6O. The number of rotatable bonds is 5. The molecule has 2 aromatic heterocycles. The van der Waals surface area contributed by atoms with Crippen molar-refractivity contribution >= 4 is 11.7 Å². The summed E-state index contributed by atoms with van der Waals surface area (Å²) < 4.78 is 52.9. The van der Waals surface area contributed by atoms with Crippen molar-refractivity contribution in [3.8, 4) is 5.69 Å². The van der Waals surface area contributed by atoms with Gasteiger partial charge in [-0.05, 0) is 55.5 Å². The Balaban J connectivity index is 1.59. The fourth-order valence-electron chi connectivity index (χ4n) is 4.28. The van der Waals surface area contributed by atoms with E-state index in [1.54, 1.807) is 11.8 Å². The molecule has 7 nitrogen and oxygen atoms in total. The van der Waals surface area contributed by atoms with Gasteiger partial charge in [-0.2, -0.15) is 28.2 Å². The summed E-state index contributed by atoms with van der Waals surface area (Å²) in [4.78, 5) is 20.6. The van der Waals surface area contributed by atoms with Crippen molar-refractivity contribution < 1.29 is 22.4 Å². The Hall–Kier alpha value is -3.50. The first kappa shape index (κ1) is 23.7. The van der Waals surface area contributed by atoms with E-state index in [4.69, 9.17) is 0 Å². The predicted octanol–water partition coefficient (Wildman–Crippen LogP) is 4.48. The zero-order valence-electron chi connectivity index (χ0n) is 18.7. The molecule has 0 unspecified atom stereocenters. The average molecular weight is 476 g/mol. The summed E-state index contributed by atoms with van der Waals surface area (Å²) in [7, 11) is 0. The third-order valence-corrected chi connectivity index (χ3v) is 6.18. The number of carbonyl (C=O) groups excluding carboxylic acids is 1. The van der Waals surface area contributed by atoms with Crippen LogP contribution in [-0.2, 0) is 6.18 Å². The second-order valence-corrected chi connectivity index (χ2v) is 8.38. The number of alkyl halides is 3. The lowest BCUT2D eigenvalue weighted by molar-refractivity contribution is -0.137. The number of anilines is 1. The molecule has 1 aliphatic heterocycles. The van der Waals surface area contributed by atoms with Gasteiger partial charge in [0.2, 0.25) is 0 Å². The van der Waals surface area contributed by atoms with E-state index in [0.29, 0.717) is 12.2 Å². The predicted molar refractivity (Wildman–Crippen MR) is 117 cm³/mol. The summed E-state index contributed by atoms with van der Waals surface area (Å²) in [5.41, 5.74) is -0.0671. The van der Waals surface area contributed by atoms with Gasteiger partial charge in [-0.25, -0.2) is 9.37 Å². The van der Waals surface area contributed by atoms with Crippen LogP contribution in [-0.4, -0.2) is 49.9 Å². The summed E-state index contributed by atoms with van der Waals surface area (Å²) in [5, 5.41) is 11.2. The summed E-state index contributed by atoms with van der Waals surface area (Å²) >= 11 is 0. The Morgan fingerprint density at radius 1 is 1.18 bits per heavy atom. The zero-order chi connectivity index (χ0) is 24.5. The number of carbonyl (C=O) groups is 1. The molecule has 34 heavy (non-hydrogen) atoms. The van der Waals surface area contributed by atoms with Crippen LogP contribution in [0.2, 0.25) is 0 Å². The average Bonchev–Trinajstić information content (AvgIpc) is 3.34. The highest BCUT2D eigenvalue weighted by Gasteiger charge is 2.35. The number of aromatic nitrogens is 4. The third kappa shape index (κ3) is 4.73. The number of nitrogens with zero attached hydrogens (tertiary/aromatic N) is 5. The van der Waals surface area contributed by atoms with Gasteiger partial charge in [-0.3, -0.25) is 4.79 Å². The molecule has 1 aromatic carbocycles. The summed E-state index contributed by atoms with van der Waals surface area (Å²) in [6.07, 6.45) is 0.920. The van der Waals surface area contributed by atoms with Crippen LogP contribution in [0.3, 0.4) is 0 Å². The quantitative estimate of drug-likeness (QED) is 0.550. The van der Waals surface area contributed by atoms with E-state index in [1.807, 2.05) is 6.92 Å². The first-order valence-corrected chi connectivity index (χ1v) is 10.9. The first-order valence-electron chi connectivity index (χ1n) is 10.9.